The lowest BCUT2D eigenvalue weighted by molar-refractivity contribution is 0.500. The zero-order valence-corrected chi connectivity index (χ0v) is 12.0. The summed E-state index contributed by atoms with van der Waals surface area (Å²) in [5, 5.41) is 0. The van der Waals surface area contributed by atoms with Crippen molar-refractivity contribution in [2.75, 3.05) is 0 Å². The maximum absolute atomic E-state index is 13.0. The second-order valence-corrected chi connectivity index (χ2v) is 5.12. The van der Waals surface area contributed by atoms with Gasteiger partial charge >= 0.3 is 6.98 Å². The number of hydrogen-bond acceptors (Lipinski definition) is 0. The van der Waals surface area contributed by atoms with Crippen LogP contribution in [0.1, 0.15) is 22.3 Å². The second kappa shape index (κ2) is 4.93. The summed E-state index contributed by atoms with van der Waals surface area (Å²) >= 11 is 1.96. The van der Waals surface area contributed by atoms with Gasteiger partial charge in [0, 0.05) is 9.99 Å². The van der Waals surface area contributed by atoms with Crippen LogP contribution in [0.3, 0.4) is 0 Å². The molecular weight excluding hydrogens is 339 g/mol. The molecule has 0 saturated carbocycles. The maximum Gasteiger partial charge on any atom is 0.510 e. The van der Waals surface area contributed by atoms with E-state index in [2.05, 4.69) is 5.92 Å². The Balaban J connectivity index is 3.69. The fourth-order valence-electron chi connectivity index (χ4n) is 2.12. The van der Waals surface area contributed by atoms with Crippen LogP contribution in [-0.2, 0) is 6.42 Å². The minimum atomic E-state index is -5.00. The topological polar surface area (TPSA) is 0 Å². The molecule has 0 aromatic heterocycles. The van der Waals surface area contributed by atoms with Crippen LogP contribution in [-0.4, -0.2) is 6.98 Å². The lowest BCUT2D eigenvalue weighted by Gasteiger charge is -2.26. The van der Waals surface area contributed by atoms with Gasteiger partial charge in [0.15, 0.2) is 0 Å². The highest BCUT2D eigenvalue weighted by atomic mass is 127. The molecule has 17 heavy (non-hydrogen) atoms. The standard InChI is InChI=1S/C12H12BF3I/c1-5-6-10-7(2)11(13(14,15)16)9(4)12(17)8(10)3/h1H,6H2,2-4H3/q-1. The lowest BCUT2D eigenvalue weighted by Crippen LogP contribution is -2.40. The van der Waals surface area contributed by atoms with E-state index in [9.17, 15) is 12.9 Å². The van der Waals surface area contributed by atoms with E-state index in [0.29, 0.717) is 14.7 Å². The first-order chi connectivity index (χ1) is 7.71. The van der Waals surface area contributed by atoms with Crippen LogP contribution in [0.4, 0.5) is 12.9 Å². The molecule has 0 amide bonds. The summed E-state index contributed by atoms with van der Waals surface area (Å²) in [6.07, 6.45) is 5.46. The smallest absolute Gasteiger partial charge is 0.445 e. The summed E-state index contributed by atoms with van der Waals surface area (Å²) in [6, 6.07) is 0. The largest absolute Gasteiger partial charge is 0.510 e. The molecular formula is C12H12BF3I-. The third kappa shape index (κ3) is 2.62. The molecule has 0 fully saturated rings. The molecule has 0 unspecified atom stereocenters. The van der Waals surface area contributed by atoms with Crippen LogP contribution < -0.4 is 5.46 Å². The molecule has 0 aliphatic carbocycles. The van der Waals surface area contributed by atoms with Crippen LogP contribution >= 0.6 is 22.6 Å². The van der Waals surface area contributed by atoms with Crippen molar-refractivity contribution in [2.45, 2.75) is 27.2 Å². The van der Waals surface area contributed by atoms with Crippen molar-refractivity contribution in [3.8, 4) is 12.3 Å². The number of halogens is 4. The number of rotatable bonds is 2. The molecule has 0 radical (unpaired) electrons. The van der Waals surface area contributed by atoms with Crippen molar-refractivity contribution in [1.29, 1.82) is 0 Å². The minimum Gasteiger partial charge on any atom is -0.445 e. The molecule has 0 nitrogen and oxygen atoms in total. The van der Waals surface area contributed by atoms with Crippen molar-refractivity contribution in [1.82, 2.24) is 0 Å². The van der Waals surface area contributed by atoms with Crippen molar-refractivity contribution in [3.05, 3.63) is 25.8 Å². The molecule has 92 valence electrons. The van der Waals surface area contributed by atoms with Crippen molar-refractivity contribution < 1.29 is 12.9 Å². The van der Waals surface area contributed by atoms with Gasteiger partial charge < -0.3 is 12.9 Å². The Morgan fingerprint density at radius 1 is 1.12 bits per heavy atom. The summed E-state index contributed by atoms with van der Waals surface area (Å²) in [5.74, 6) is 2.43. The molecule has 0 N–H and O–H groups in total. The first-order valence-electron chi connectivity index (χ1n) is 5.13. The van der Waals surface area contributed by atoms with Crippen LogP contribution in [0.15, 0.2) is 0 Å². The summed E-state index contributed by atoms with van der Waals surface area (Å²) < 4.78 is 39.8. The van der Waals surface area contributed by atoms with E-state index in [1.165, 1.54) is 13.8 Å². The highest BCUT2D eigenvalue weighted by molar-refractivity contribution is 14.1. The Labute approximate surface area is 113 Å². The highest BCUT2D eigenvalue weighted by Crippen LogP contribution is 2.26. The van der Waals surface area contributed by atoms with E-state index in [1.807, 2.05) is 29.5 Å². The number of benzene rings is 1. The van der Waals surface area contributed by atoms with Gasteiger partial charge in [0.25, 0.3) is 0 Å². The molecule has 5 heteroatoms. The Morgan fingerprint density at radius 3 is 2.06 bits per heavy atom. The van der Waals surface area contributed by atoms with E-state index < -0.39 is 12.4 Å². The molecule has 0 heterocycles. The Kier molecular flexibility index (Phi) is 4.18. The fraction of sp³-hybridized carbons (Fsp3) is 0.333. The molecule has 0 aliphatic heterocycles. The molecule has 1 aromatic carbocycles. The van der Waals surface area contributed by atoms with E-state index in [-0.39, 0.29) is 12.0 Å². The molecule has 1 rings (SSSR count). The average Bonchev–Trinajstić information content (AvgIpc) is 2.19. The average molecular weight is 351 g/mol. The van der Waals surface area contributed by atoms with Crippen molar-refractivity contribution >= 4 is 35.0 Å². The van der Waals surface area contributed by atoms with Gasteiger partial charge in [0.2, 0.25) is 0 Å². The van der Waals surface area contributed by atoms with Crippen molar-refractivity contribution in [3.63, 3.8) is 0 Å². The molecule has 0 atom stereocenters. The van der Waals surface area contributed by atoms with E-state index in [1.54, 1.807) is 0 Å². The van der Waals surface area contributed by atoms with Gasteiger partial charge in [0.1, 0.15) is 0 Å². The van der Waals surface area contributed by atoms with Crippen LogP contribution in [0, 0.1) is 36.7 Å². The van der Waals surface area contributed by atoms with Crippen molar-refractivity contribution in [2.24, 2.45) is 0 Å². The number of hydrogen-bond donors (Lipinski definition) is 0. The SMILES string of the molecule is C#CCc1c(C)c(I)c(C)c([B-](F)(F)F)c1C. The van der Waals surface area contributed by atoms with Gasteiger partial charge in [-0.25, -0.2) is 0 Å². The molecule has 0 aliphatic rings. The number of terminal acetylenes is 1. The van der Waals surface area contributed by atoms with Gasteiger partial charge in [-0.1, -0.05) is 11.1 Å². The molecule has 0 spiro atoms. The third-order valence-corrected chi connectivity index (χ3v) is 4.60. The quantitative estimate of drug-likeness (QED) is 0.435. The Bertz CT molecular complexity index is 498. The van der Waals surface area contributed by atoms with Gasteiger partial charge in [-0.05, 0) is 54.5 Å². The normalized spacial score (nSPS) is 11.4. The van der Waals surface area contributed by atoms with Gasteiger partial charge in [-0.3, -0.25) is 0 Å². The summed E-state index contributed by atoms with van der Waals surface area (Å²) in [6.45, 7) is -0.147. The lowest BCUT2D eigenvalue weighted by atomic mass is 9.72. The molecule has 0 saturated heterocycles. The van der Waals surface area contributed by atoms with Gasteiger partial charge in [0.05, 0.1) is 0 Å². The van der Waals surface area contributed by atoms with E-state index in [4.69, 9.17) is 6.42 Å². The predicted molar refractivity (Wildman–Crippen MR) is 74.6 cm³/mol. The zero-order valence-electron chi connectivity index (χ0n) is 9.87. The Morgan fingerprint density at radius 2 is 1.65 bits per heavy atom. The first kappa shape index (κ1) is 14.4. The van der Waals surface area contributed by atoms with E-state index >= 15 is 0 Å². The molecule has 1 aromatic rings. The fourth-order valence-corrected chi connectivity index (χ4v) is 2.73. The van der Waals surface area contributed by atoms with Crippen LogP contribution in [0.5, 0.6) is 0 Å². The van der Waals surface area contributed by atoms with Crippen LogP contribution in [0.2, 0.25) is 0 Å². The zero-order chi connectivity index (χ0) is 13.4. The minimum absolute atomic E-state index is 0.243. The predicted octanol–water partition coefficient (Wildman–Crippen LogP) is 3.45. The van der Waals surface area contributed by atoms with Gasteiger partial charge in [-0.15, -0.1) is 17.8 Å². The van der Waals surface area contributed by atoms with Gasteiger partial charge in [-0.2, -0.15) is 0 Å². The molecule has 0 bridgehead atoms. The monoisotopic (exact) mass is 351 g/mol. The Hall–Kier alpha value is -0.635. The summed E-state index contributed by atoms with van der Waals surface area (Å²) in [5.41, 5.74) is 1.61. The first-order valence-corrected chi connectivity index (χ1v) is 6.21. The summed E-state index contributed by atoms with van der Waals surface area (Å²) in [4.78, 5) is 0. The van der Waals surface area contributed by atoms with E-state index in [0.717, 1.165) is 5.56 Å². The maximum atomic E-state index is 13.0. The second-order valence-electron chi connectivity index (χ2n) is 4.04. The third-order valence-electron chi connectivity index (χ3n) is 2.98. The van der Waals surface area contributed by atoms with Crippen LogP contribution in [0.25, 0.3) is 0 Å². The summed E-state index contributed by atoms with van der Waals surface area (Å²) in [7, 11) is 0. The highest BCUT2D eigenvalue weighted by Gasteiger charge is 2.31.